The van der Waals surface area contributed by atoms with E-state index in [0.717, 1.165) is 24.0 Å². The molecule has 3 rings (SSSR count). The molecule has 3 amide bonds. The van der Waals surface area contributed by atoms with Crippen molar-refractivity contribution in [2.45, 2.75) is 31.1 Å². The van der Waals surface area contributed by atoms with Gasteiger partial charge >= 0.3 is 6.03 Å². The van der Waals surface area contributed by atoms with Gasteiger partial charge in [-0.05, 0) is 43.9 Å². The summed E-state index contributed by atoms with van der Waals surface area (Å²) in [5.41, 5.74) is 1.97. The number of hydrogen-bond donors (Lipinski definition) is 1. The first kappa shape index (κ1) is 21.8. The highest BCUT2D eigenvalue weighted by atomic mass is 32.2. The quantitative estimate of drug-likeness (QED) is 0.733. The highest BCUT2D eigenvalue weighted by Gasteiger charge is 2.35. The van der Waals surface area contributed by atoms with Gasteiger partial charge in [0.05, 0.1) is 4.90 Å². The second kappa shape index (κ2) is 9.75. The summed E-state index contributed by atoms with van der Waals surface area (Å²) in [6, 6.07) is 15.3. The first-order chi connectivity index (χ1) is 14.4. The van der Waals surface area contributed by atoms with E-state index in [-0.39, 0.29) is 4.90 Å². The fourth-order valence-corrected chi connectivity index (χ4v) is 4.68. The first-order valence-electron chi connectivity index (χ1n) is 10.1. The Bertz CT molecular complexity index is 969. The van der Waals surface area contributed by atoms with Crippen LogP contribution in [0.5, 0.6) is 0 Å². The van der Waals surface area contributed by atoms with Gasteiger partial charge in [0.15, 0.2) is 0 Å². The van der Waals surface area contributed by atoms with Gasteiger partial charge in [-0.15, -0.1) is 0 Å². The summed E-state index contributed by atoms with van der Waals surface area (Å²) in [4.78, 5) is 27.0. The lowest BCUT2D eigenvalue weighted by molar-refractivity contribution is -0.121. The summed E-state index contributed by atoms with van der Waals surface area (Å²) in [6.45, 7) is 2.66. The number of aryl methyl sites for hydroxylation is 1. The molecule has 1 N–H and O–H groups in total. The highest BCUT2D eigenvalue weighted by molar-refractivity contribution is 7.89. The number of urea groups is 1. The van der Waals surface area contributed by atoms with E-state index in [1.165, 1.54) is 17.0 Å². The zero-order valence-electron chi connectivity index (χ0n) is 17.1. The third kappa shape index (κ3) is 5.38. The molecule has 8 heteroatoms. The van der Waals surface area contributed by atoms with Crippen molar-refractivity contribution < 1.29 is 18.0 Å². The lowest BCUT2D eigenvalue weighted by Gasteiger charge is -2.27. The van der Waals surface area contributed by atoms with Crippen LogP contribution >= 0.6 is 0 Å². The Morgan fingerprint density at radius 3 is 2.27 bits per heavy atom. The molecule has 0 unspecified atom stereocenters. The largest absolute Gasteiger partial charge is 0.354 e. The van der Waals surface area contributed by atoms with E-state index < -0.39 is 28.5 Å². The van der Waals surface area contributed by atoms with Crippen molar-refractivity contribution in [3.05, 3.63) is 65.7 Å². The Kier molecular flexibility index (Phi) is 7.10. The van der Waals surface area contributed by atoms with Crippen LogP contribution in [0.25, 0.3) is 0 Å². The van der Waals surface area contributed by atoms with E-state index in [2.05, 4.69) is 5.32 Å². The Labute approximate surface area is 177 Å². The van der Waals surface area contributed by atoms with Crippen molar-refractivity contribution in [3.8, 4) is 0 Å². The molecule has 0 aliphatic carbocycles. The SMILES string of the molecule is Cc1ccc(S(=O)(=O)N(CC(=O)NCCc2ccccc2)C(=O)N2CCCC2)cc1. The van der Waals surface area contributed by atoms with Crippen molar-refractivity contribution in [2.75, 3.05) is 26.2 Å². The number of carbonyl (C=O) groups excluding carboxylic acids is 2. The van der Waals surface area contributed by atoms with Crippen LogP contribution in [0.4, 0.5) is 4.79 Å². The molecular weight excluding hydrogens is 402 g/mol. The number of likely N-dealkylation sites (tertiary alicyclic amines) is 1. The van der Waals surface area contributed by atoms with Crippen molar-refractivity contribution in [1.29, 1.82) is 0 Å². The van der Waals surface area contributed by atoms with Crippen LogP contribution in [-0.2, 0) is 21.2 Å². The number of amides is 3. The number of sulfonamides is 1. The van der Waals surface area contributed by atoms with Gasteiger partial charge < -0.3 is 10.2 Å². The molecule has 1 aliphatic rings. The van der Waals surface area contributed by atoms with E-state index in [9.17, 15) is 18.0 Å². The third-order valence-electron chi connectivity index (χ3n) is 5.06. The van der Waals surface area contributed by atoms with Crippen LogP contribution in [-0.4, -0.2) is 55.7 Å². The monoisotopic (exact) mass is 429 g/mol. The lowest BCUT2D eigenvalue weighted by atomic mass is 10.1. The number of rotatable bonds is 7. The minimum atomic E-state index is -4.15. The molecule has 0 spiro atoms. The van der Waals surface area contributed by atoms with Gasteiger partial charge in [0.2, 0.25) is 5.91 Å². The maximum Gasteiger partial charge on any atom is 0.334 e. The van der Waals surface area contributed by atoms with Crippen LogP contribution in [0, 0.1) is 6.92 Å². The zero-order chi connectivity index (χ0) is 21.6. The molecule has 2 aromatic carbocycles. The van der Waals surface area contributed by atoms with Gasteiger partial charge in [-0.2, -0.15) is 0 Å². The fraction of sp³-hybridized carbons (Fsp3) is 0.364. The lowest BCUT2D eigenvalue weighted by Crippen LogP contribution is -2.49. The molecule has 1 aliphatic heterocycles. The van der Waals surface area contributed by atoms with Gasteiger partial charge in [-0.25, -0.2) is 17.5 Å². The standard InChI is InChI=1S/C22H27N3O4S/c1-18-9-11-20(12-10-18)30(28,29)25(22(27)24-15-5-6-16-24)17-21(26)23-14-13-19-7-3-2-4-8-19/h2-4,7-12H,5-6,13-17H2,1H3,(H,23,26). The van der Waals surface area contributed by atoms with Crippen molar-refractivity contribution in [1.82, 2.24) is 14.5 Å². The second-order valence-electron chi connectivity index (χ2n) is 7.39. The topological polar surface area (TPSA) is 86.8 Å². The smallest absolute Gasteiger partial charge is 0.334 e. The van der Waals surface area contributed by atoms with Gasteiger partial charge in [0, 0.05) is 19.6 Å². The Balaban J connectivity index is 1.73. The molecule has 0 atom stereocenters. The molecule has 0 aromatic heterocycles. The normalized spacial score (nSPS) is 13.8. The predicted octanol–water partition coefficient (Wildman–Crippen LogP) is 2.56. The Morgan fingerprint density at radius 1 is 1.00 bits per heavy atom. The van der Waals surface area contributed by atoms with Crippen molar-refractivity contribution >= 4 is 22.0 Å². The maximum absolute atomic E-state index is 13.2. The van der Waals surface area contributed by atoms with Crippen LogP contribution in [0.2, 0.25) is 0 Å². The number of benzene rings is 2. The molecule has 30 heavy (non-hydrogen) atoms. The average Bonchev–Trinajstić information content (AvgIpc) is 3.27. The molecule has 0 bridgehead atoms. The minimum Gasteiger partial charge on any atom is -0.354 e. The molecular formula is C22H27N3O4S. The van der Waals surface area contributed by atoms with Gasteiger partial charge in [0.1, 0.15) is 6.54 Å². The molecule has 1 fully saturated rings. The van der Waals surface area contributed by atoms with Gasteiger partial charge in [-0.1, -0.05) is 48.0 Å². The molecule has 1 saturated heterocycles. The second-order valence-corrected chi connectivity index (χ2v) is 9.25. The van der Waals surface area contributed by atoms with Crippen LogP contribution < -0.4 is 5.32 Å². The van der Waals surface area contributed by atoms with Gasteiger partial charge in [0.25, 0.3) is 10.0 Å². The summed E-state index contributed by atoms with van der Waals surface area (Å²) in [6.07, 6.45) is 2.28. The van der Waals surface area contributed by atoms with E-state index in [0.29, 0.717) is 30.4 Å². The summed E-state index contributed by atoms with van der Waals surface area (Å²) in [5, 5.41) is 2.72. The van der Waals surface area contributed by atoms with E-state index in [1.54, 1.807) is 12.1 Å². The average molecular weight is 430 g/mol. The van der Waals surface area contributed by atoms with Crippen LogP contribution in [0.3, 0.4) is 0 Å². The molecule has 1 heterocycles. The van der Waals surface area contributed by atoms with Gasteiger partial charge in [-0.3, -0.25) is 4.79 Å². The molecule has 160 valence electrons. The number of nitrogens with one attached hydrogen (secondary N) is 1. The fourth-order valence-electron chi connectivity index (χ4n) is 3.34. The van der Waals surface area contributed by atoms with Crippen LogP contribution in [0.15, 0.2) is 59.5 Å². The Hall–Kier alpha value is -2.87. The summed E-state index contributed by atoms with van der Waals surface area (Å²) in [5.74, 6) is -0.505. The number of carbonyl (C=O) groups is 2. The summed E-state index contributed by atoms with van der Waals surface area (Å²) >= 11 is 0. The van der Waals surface area contributed by atoms with E-state index >= 15 is 0 Å². The minimum absolute atomic E-state index is 0.00210. The number of nitrogens with zero attached hydrogens (tertiary/aromatic N) is 2. The van der Waals surface area contributed by atoms with Crippen molar-refractivity contribution in [2.24, 2.45) is 0 Å². The van der Waals surface area contributed by atoms with Crippen LogP contribution in [0.1, 0.15) is 24.0 Å². The van der Waals surface area contributed by atoms with E-state index in [1.807, 2.05) is 37.3 Å². The van der Waals surface area contributed by atoms with E-state index in [4.69, 9.17) is 0 Å². The first-order valence-corrected chi connectivity index (χ1v) is 11.5. The summed E-state index contributed by atoms with van der Waals surface area (Å²) in [7, 11) is -4.15. The molecule has 7 nitrogen and oxygen atoms in total. The molecule has 2 aromatic rings. The zero-order valence-corrected chi connectivity index (χ0v) is 17.9. The third-order valence-corrected chi connectivity index (χ3v) is 6.80. The maximum atomic E-state index is 13.2. The number of hydrogen-bond acceptors (Lipinski definition) is 4. The Morgan fingerprint density at radius 2 is 1.63 bits per heavy atom. The molecule has 0 saturated carbocycles. The predicted molar refractivity (Wildman–Crippen MR) is 114 cm³/mol. The summed E-state index contributed by atoms with van der Waals surface area (Å²) < 4.78 is 27.0. The van der Waals surface area contributed by atoms with Crippen molar-refractivity contribution in [3.63, 3.8) is 0 Å². The molecule has 0 radical (unpaired) electrons. The highest BCUT2D eigenvalue weighted by Crippen LogP contribution is 2.20.